The van der Waals surface area contributed by atoms with Crippen molar-refractivity contribution in [1.29, 1.82) is 0 Å². The van der Waals surface area contributed by atoms with Crippen LogP contribution in [-0.2, 0) is 0 Å². The Labute approximate surface area is 107 Å². The highest BCUT2D eigenvalue weighted by Crippen LogP contribution is 2.29. The van der Waals surface area contributed by atoms with Gasteiger partial charge in [0.25, 0.3) is 0 Å². The van der Waals surface area contributed by atoms with Crippen LogP contribution < -0.4 is 5.32 Å². The average molecular weight is 277 g/mol. The topological polar surface area (TPSA) is 12.0 Å². The minimum absolute atomic E-state index is 0.0721. The normalized spacial score (nSPS) is 12.3. The molecule has 0 heterocycles. The van der Waals surface area contributed by atoms with Gasteiger partial charge in [-0.3, -0.25) is 0 Å². The van der Waals surface area contributed by atoms with Crippen molar-refractivity contribution in [2.45, 2.75) is 25.8 Å². The van der Waals surface area contributed by atoms with E-state index in [9.17, 15) is 22.0 Å². The third-order valence-electron chi connectivity index (χ3n) is 2.62. The van der Waals surface area contributed by atoms with E-state index in [2.05, 4.69) is 11.2 Å². The molecule has 0 radical (unpaired) electrons. The molecule has 6 heteroatoms. The summed E-state index contributed by atoms with van der Waals surface area (Å²) in [7, 11) is 0. The van der Waals surface area contributed by atoms with E-state index in [1.165, 1.54) is 0 Å². The summed E-state index contributed by atoms with van der Waals surface area (Å²) in [5.41, 5.74) is -0.867. The molecule has 0 amide bonds. The standard InChI is InChI=1S/C13H12F5N/c1-3-5-6-7(19-4-2)8-9(14)11(16)13(18)12(17)10(8)15/h1,7,19H,4-6H2,2H3. The molecule has 0 aliphatic heterocycles. The molecule has 0 fully saturated rings. The maximum Gasteiger partial charge on any atom is 0.200 e. The fourth-order valence-corrected chi connectivity index (χ4v) is 1.75. The maximum atomic E-state index is 13.6. The van der Waals surface area contributed by atoms with Gasteiger partial charge in [0.15, 0.2) is 23.3 Å². The lowest BCUT2D eigenvalue weighted by Crippen LogP contribution is -2.24. The van der Waals surface area contributed by atoms with E-state index < -0.39 is 40.7 Å². The lowest BCUT2D eigenvalue weighted by Gasteiger charge is -2.19. The maximum absolute atomic E-state index is 13.6. The summed E-state index contributed by atoms with van der Waals surface area (Å²) in [6.45, 7) is 1.95. The van der Waals surface area contributed by atoms with Gasteiger partial charge >= 0.3 is 0 Å². The highest BCUT2D eigenvalue weighted by Gasteiger charge is 2.29. The molecule has 1 aromatic rings. The van der Waals surface area contributed by atoms with Crippen molar-refractivity contribution in [3.8, 4) is 12.3 Å². The van der Waals surface area contributed by atoms with Crippen molar-refractivity contribution in [3.63, 3.8) is 0 Å². The molecule has 0 spiro atoms. The molecule has 1 nitrogen and oxygen atoms in total. The van der Waals surface area contributed by atoms with Crippen LogP contribution >= 0.6 is 0 Å². The summed E-state index contributed by atoms with van der Waals surface area (Å²) < 4.78 is 66.3. The van der Waals surface area contributed by atoms with Crippen LogP contribution in [0, 0.1) is 41.4 Å². The first kappa shape index (κ1) is 15.4. The van der Waals surface area contributed by atoms with E-state index in [4.69, 9.17) is 6.42 Å². The van der Waals surface area contributed by atoms with Crippen molar-refractivity contribution in [3.05, 3.63) is 34.6 Å². The monoisotopic (exact) mass is 277 g/mol. The van der Waals surface area contributed by atoms with Crippen LogP contribution in [-0.4, -0.2) is 6.54 Å². The van der Waals surface area contributed by atoms with E-state index in [0.29, 0.717) is 6.54 Å². The van der Waals surface area contributed by atoms with Crippen LogP contribution in [0.5, 0.6) is 0 Å². The Bertz CT molecular complexity index is 478. The first-order valence-corrected chi connectivity index (χ1v) is 5.63. The number of hydrogen-bond donors (Lipinski definition) is 1. The Balaban J connectivity index is 3.34. The van der Waals surface area contributed by atoms with Gasteiger partial charge in [-0.05, 0) is 13.0 Å². The molecule has 1 N–H and O–H groups in total. The second-order valence-corrected chi connectivity index (χ2v) is 3.84. The van der Waals surface area contributed by atoms with Gasteiger partial charge in [0.2, 0.25) is 5.82 Å². The second-order valence-electron chi connectivity index (χ2n) is 3.84. The van der Waals surface area contributed by atoms with Gasteiger partial charge in [0, 0.05) is 18.0 Å². The second kappa shape index (κ2) is 6.53. The minimum Gasteiger partial charge on any atom is -0.310 e. The number of nitrogens with one attached hydrogen (secondary N) is 1. The third-order valence-corrected chi connectivity index (χ3v) is 2.62. The Hall–Kier alpha value is -1.61. The quantitative estimate of drug-likeness (QED) is 0.376. The zero-order valence-corrected chi connectivity index (χ0v) is 10.2. The number of terminal acetylenes is 1. The van der Waals surface area contributed by atoms with Crippen molar-refractivity contribution < 1.29 is 22.0 Å². The van der Waals surface area contributed by atoms with Crippen LogP contribution in [0.1, 0.15) is 31.4 Å². The smallest absolute Gasteiger partial charge is 0.200 e. The van der Waals surface area contributed by atoms with E-state index >= 15 is 0 Å². The molecule has 0 bridgehead atoms. The average Bonchev–Trinajstić information content (AvgIpc) is 2.40. The highest BCUT2D eigenvalue weighted by atomic mass is 19.2. The van der Waals surface area contributed by atoms with Gasteiger partial charge in [-0.2, -0.15) is 0 Å². The van der Waals surface area contributed by atoms with Gasteiger partial charge in [-0.15, -0.1) is 12.3 Å². The summed E-state index contributed by atoms with van der Waals surface area (Å²) in [4.78, 5) is 0. The molecule has 19 heavy (non-hydrogen) atoms. The fraction of sp³-hybridized carbons (Fsp3) is 0.385. The number of benzene rings is 1. The Morgan fingerprint density at radius 3 is 1.89 bits per heavy atom. The van der Waals surface area contributed by atoms with Gasteiger partial charge < -0.3 is 5.32 Å². The van der Waals surface area contributed by atoms with Crippen molar-refractivity contribution in [2.24, 2.45) is 0 Å². The SMILES string of the molecule is C#CCCC(NCC)c1c(F)c(F)c(F)c(F)c1F. The van der Waals surface area contributed by atoms with Crippen molar-refractivity contribution in [1.82, 2.24) is 5.32 Å². The van der Waals surface area contributed by atoms with Crippen LogP contribution in [0.15, 0.2) is 0 Å². The Morgan fingerprint density at radius 1 is 1.00 bits per heavy atom. The molecule has 104 valence electrons. The zero-order chi connectivity index (χ0) is 14.6. The minimum atomic E-state index is -2.16. The molecule has 1 aromatic carbocycles. The van der Waals surface area contributed by atoms with Gasteiger partial charge in [-0.1, -0.05) is 6.92 Å². The Morgan fingerprint density at radius 2 is 1.47 bits per heavy atom. The summed E-state index contributed by atoms with van der Waals surface area (Å²) in [6, 6.07) is -1.02. The molecule has 0 aromatic heterocycles. The summed E-state index contributed by atoms with van der Waals surface area (Å²) in [5, 5.41) is 2.66. The largest absolute Gasteiger partial charge is 0.310 e. The molecule has 1 unspecified atom stereocenters. The predicted octanol–water partition coefficient (Wildman–Crippen LogP) is 3.45. The van der Waals surface area contributed by atoms with E-state index in [1.807, 2.05) is 0 Å². The van der Waals surface area contributed by atoms with E-state index in [-0.39, 0.29) is 12.8 Å². The predicted molar refractivity (Wildman–Crippen MR) is 60.7 cm³/mol. The molecule has 0 saturated heterocycles. The molecular formula is C13H12F5N. The molecule has 0 aliphatic carbocycles. The zero-order valence-electron chi connectivity index (χ0n) is 10.2. The number of halogens is 5. The lowest BCUT2D eigenvalue weighted by atomic mass is 10.00. The first-order chi connectivity index (χ1) is 8.95. The molecule has 1 rings (SSSR count). The Kier molecular flexibility index (Phi) is 5.31. The molecule has 0 aliphatic rings. The van der Waals surface area contributed by atoms with E-state index in [0.717, 1.165) is 0 Å². The van der Waals surface area contributed by atoms with Gasteiger partial charge in [0.1, 0.15) is 0 Å². The van der Waals surface area contributed by atoms with E-state index in [1.54, 1.807) is 6.92 Å². The third kappa shape index (κ3) is 3.04. The molecular weight excluding hydrogens is 265 g/mol. The summed E-state index contributed by atoms with van der Waals surface area (Å²) in [5.74, 6) is -7.44. The van der Waals surface area contributed by atoms with Crippen LogP contribution in [0.25, 0.3) is 0 Å². The van der Waals surface area contributed by atoms with Crippen LogP contribution in [0.3, 0.4) is 0 Å². The van der Waals surface area contributed by atoms with Crippen LogP contribution in [0.2, 0.25) is 0 Å². The van der Waals surface area contributed by atoms with Crippen molar-refractivity contribution >= 4 is 0 Å². The highest BCUT2D eigenvalue weighted by molar-refractivity contribution is 5.27. The summed E-state index contributed by atoms with van der Waals surface area (Å²) in [6.07, 6.45) is 5.26. The lowest BCUT2D eigenvalue weighted by molar-refractivity contribution is 0.353. The number of hydrogen-bond acceptors (Lipinski definition) is 1. The molecule has 0 saturated carbocycles. The first-order valence-electron chi connectivity index (χ1n) is 5.63. The van der Waals surface area contributed by atoms with Gasteiger partial charge in [0.05, 0.1) is 0 Å². The summed E-state index contributed by atoms with van der Waals surface area (Å²) >= 11 is 0. The fourth-order valence-electron chi connectivity index (χ4n) is 1.75. The van der Waals surface area contributed by atoms with Gasteiger partial charge in [-0.25, -0.2) is 22.0 Å². The van der Waals surface area contributed by atoms with Crippen LogP contribution in [0.4, 0.5) is 22.0 Å². The molecule has 1 atom stereocenters. The number of rotatable bonds is 5. The van der Waals surface area contributed by atoms with Crippen molar-refractivity contribution in [2.75, 3.05) is 6.54 Å².